The average molecular weight is 413 g/mol. The molecule has 0 saturated carbocycles. The summed E-state index contributed by atoms with van der Waals surface area (Å²) in [6.07, 6.45) is 6.53. The molecule has 1 aliphatic heterocycles. The van der Waals surface area contributed by atoms with Crippen molar-refractivity contribution in [3.05, 3.63) is 62.9 Å². The minimum absolute atomic E-state index is 0.0617. The molecule has 0 aromatic heterocycles. The zero-order valence-corrected chi connectivity index (χ0v) is 15.6. The molecule has 1 aromatic carbocycles. The van der Waals surface area contributed by atoms with Crippen LogP contribution in [0.3, 0.4) is 0 Å². The standard InChI is InChI=1S/C17H15BrClNO4/c1-10-8-13(19)12(18)9-14(10)20-7-5-4-6-11(16(21)23-2)15(20)17(22)24-3/h4-9H,1-3H3. The SMILES string of the molecule is COC(=O)C1=C(C(=O)OC)N(c2cc(Br)c(Cl)cc2C)C=CC=C1. The molecule has 1 heterocycles. The van der Waals surface area contributed by atoms with Gasteiger partial charge < -0.3 is 14.4 Å². The van der Waals surface area contributed by atoms with E-state index in [1.807, 2.05) is 6.92 Å². The quantitative estimate of drug-likeness (QED) is 0.705. The summed E-state index contributed by atoms with van der Waals surface area (Å²) < 4.78 is 10.3. The van der Waals surface area contributed by atoms with Crippen LogP contribution in [0, 0.1) is 6.92 Å². The number of carbonyl (C=O) groups is 2. The molecule has 0 unspecified atom stereocenters. The van der Waals surface area contributed by atoms with E-state index in [1.54, 1.807) is 35.4 Å². The number of nitrogens with zero attached hydrogens (tertiary/aromatic N) is 1. The molecule has 0 radical (unpaired) electrons. The maximum Gasteiger partial charge on any atom is 0.355 e. The molecule has 24 heavy (non-hydrogen) atoms. The van der Waals surface area contributed by atoms with Crippen LogP contribution in [-0.4, -0.2) is 26.2 Å². The van der Waals surface area contributed by atoms with Crippen molar-refractivity contribution in [3.8, 4) is 0 Å². The van der Waals surface area contributed by atoms with Crippen molar-refractivity contribution in [2.75, 3.05) is 19.1 Å². The van der Waals surface area contributed by atoms with Gasteiger partial charge in [-0.15, -0.1) is 0 Å². The van der Waals surface area contributed by atoms with Crippen LogP contribution in [0.15, 0.2) is 52.3 Å². The third-order valence-electron chi connectivity index (χ3n) is 3.39. The summed E-state index contributed by atoms with van der Waals surface area (Å²) in [7, 11) is 2.51. The Hall–Kier alpha value is -2.05. The predicted octanol–water partition coefficient (Wildman–Crippen LogP) is 3.90. The molecular formula is C17H15BrClNO4. The Balaban J connectivity index is 2.72. The second-order valence-corrected chi connectivity index (χ2v) is 6.13. The number of anilines is 1. The van der Waals surface area contributed by atoms with Gasteiger partial charge in [0, 0.05) is 16.4 Å². The van der Waals surface area contributed by atoms with E-state index in [-0.39, 0.29) is 11.3 Å². The molecule has 0 amide bonds. The van der Waals surface area contributed by atoms with E-state index >= 15 is 0 Å². The van der Waals surface area contributed by atoms with Crippen molar-refractivity contribution in [1.29, 1.82) is 0 Å². The van der Waals surface area contributed by atoms with E-state index < -0.39 is 11.9 Å². The van der Waals surface area contributed by atoms with E-state index in [0.29, 0.717) is 15.2 Å². The normalized spacial score (nSPS) is 13.8. The highest BCUT2D eigenvalue weighted by Crippen LogP contribution is 2.34. The average Bonchev–Trinajstić information content (AvgIpc) is 2.79. The number of allylic oxidation sites excluding steroid dienone is 2. The van der Waals surface area contributed by atoms with Gasteiger partial charge in [0.2, 0.25) is 0 Å². The lowest BCUT2D eigenvalue weighted by molar-refractivity contribution is -0.139. The van der Waals surface area contributed by atoms with E-state index in [0.717, 1.165) is 5.56 Å². The molecule has 2 rings (SSSR count). The summed E-state index contributed by atoms with van der Waals surface area (Å²) in [6, 6.07) is 3.53. The van der Waals surface area contributed by atoms with E-state index in [9.17, 15) is 9.59 Å². The summed E-state index contributed by atoms with van der Waals surface area (Å²) >= 11 is 9.49. The summed E-state index contributed by atoms with van der Waals surface area (Å²) in [5, 5.41) is 0.546. The molecule has 0 saturated heterocycles. The van der Waals surface area contributed by atoms with Crippen LogP contribution < -0.4 is 4.90 Å². The van der Waals surface area contributed by atoms with Crippen molar-refractivity contribution >= 4 is 45.2 Å². The highest BCUT2D eigenvalue weighted by molar-refractivity contribution is 9.10. The maximum atomic E-state index is 12.4. The number of carbonyl (C=O) groups excluding carboxylic acids is 2. The Kier molecular flexibility index (Phi) is 5.85. The summed E-state index contributed by atoms with van der Waals surface area (Å²) in [5.74, 6) is -1.29. The Morgan fingerprint density at radius 1 is 1.12 bits per heavy atom. The van der Waals surface area contributed by atoms with Gasteiger partial charge >= 0.3 is 11.9 Å². The Bertz CT molecular complexity index is 783. The predicted molar refractivity (Wildman–Crippen MR) is 95.7 cm³/mol. The molecule has 0 bridgehead atoms. The van der Waals surface area contributed by atoms with Crippen LogP contribution in [0.5, 0.6) is 0 Å². The van der Waals surface area contributed by atoms with Crippen molar-refractivity contribution in [2.24, 2.45) is 0 Å². The van der Waals surface area contributed by atoms with Gasteiger partial charge in [0.15, 0.2) is 0 Å². The molecule has 0 fully saturated rings. The lowest BCUT2D eigenvalue weighted by atomic mass is 10.1. The number of ether oxygens (including phenoxy) is 2. The van der Waals surface area contributed by atoms with Gasteiger partial charge in [0.25, 0.3) is 0 Å². The Morgan fingerprint density at radius 2 is 1.79 bits per heavy atom. The number of benzene rings is 1. The van der Waals surface area contributed by atoms with Crippen molar-refractivity contribution in [1.82, 2.24) is 0 Å². The minimum atomic E-state index is -0.655. The fraction of sp³-hybridized carbons (Fsp3) is 0.176. The zero-order chi connectivity index (χ0) is 17.9. The van der Waals surface area contributed by atoms with Gasteiger partial charge in [-0.05, 0) is 52.7 Å². The third-order valence-corrected chi connectivity index (χ3v) is 4.58. The zero-order valence-electron chi connectivity index (χ0n) is 13.3. The first-order valence-electron chi connectivity index (χ1n) is 6.91. The fourth-order valence-corrected chi connectivity index (χ4v) is 2.80. The fourth-order valence-electron chi connectivity index (χ4n) is 2.25. The highest BCUT2D eigenvalue weighted by atomic mass is 79.9. The van der Waals surface area contributed by atoms with E-state index in [2.05, 4.69) is 15.9 Å². The van der Waals surface area contributed by atoms with Crippen LogP contribution in [0.4, 0.5) is 5.69 Å². The lowest BCUT2D eigenvalue weighted by Crippen LogP contribution is -2.27. The molecule has 0 N–H and O–H groups in total. The number of rotatable bonds is 3. The number of esters is 2. The van der Waals surface area contributed by atoms with Crippen LogP contribution in [-0.2, 0) is 19.1 Å². The first kappa shape index (κ1) is 18.3. The number of hydrogen-bond acceptors (Lipinski definition) is 5. The molecule has 0 aliphatic carbocycles. The summed E-state index contributed by atoms with van der Waals surface area (Å²) in [5.41, 5.74) is 1.65. The van der Waals surface area contributed by atoms with Crippen molar-refractivity contribution in [3.63, 3.8) is 0 Å². The smallest absolute Gasteiger partial charge is 0.355 e. The monoisotopic (exact) mass is 411 g/mol. The highest BCUT2D eigenvalue weighted by Gasteiger charge is 2.28. The second-order valence-electron chi connectivity index (χ2n) is 4.87. The maximum absolute atomic E-state index is 12.4. The number of methoxy groups -OCH3 is 2. The van der Waals surface area contributed by atoms with Gasteiger partial charge in [-0.3, -0.25) is 0 Å². The summed E-state index contributed by atoms with van der Waals surface area (Å²) in [6.45, 7) is 1.85. The van der Waals surface area contributed by atoms with Crippen molar-refractivity contribution < 1.29 is 19.1 Å². The molecular weight excluding hydrogens is 398 g/mol. The minimum Gasteiger partial charge on any atom is -0.465 e. The van der Waals surface area contributed by atoms with E-state index in [1.165, 1.54) is 20.3 Å². The molecule has 1 aromatic rings. The number of halogens is 2. The van der Waals surface area contributed by atoms with Gasteiger partial charge in [-0.1, -0.05) is 17.7 Å². The molecule has 1 aliphatic rings. The summed E-state index contributed by atoms with van der Waals surface area (Å²) in [4.78, 5) is 26.0. The first-order chi connectivity index (χ1) is 11.4. The van der Waals surface area contributed by atoms with Gasteiger partial charge in [-0.2, -0.15) is 0 Å². The molecule has 0 spiro atoms. The Labute approximate surface area is 153 Å². The molecule has 126 valence electrons. The van der Waals surface area contributed by atoms with Gasteiger partial charge in [-0.25, -0.2) is 9.59 Å². The first-order valence-corrected chi connectivity index (χ1v) is 8.08. The van der Waals surface area contributed by atoms with Crippen molar-refractivity contribution in [2.45, 2.75) is 6.92 Å². The number of hydrogen-bond donors (Lipinski definition) is 0. The lowest BCUT2D eigenvalue weighted by Gasteiger charge is -2.25. The molecule has 7 heteroatoms. The second kappa shape index (κ2) is 7.68. The number of aryl methyl sites for hydroxylation is 1. The Morgan fingerprint density at radius 3 is 2.42 bits per heavy atom. The van der Waals surface area contributed by atoms with Crippen LogP contribution in [0.2, 0.25) is 5.02 Å². The van der Waals surface area contributed by atoms with Gasteiger partial charge in [0.1, 0.15) is 5.70 Å². The van der Waals surface area contributed by atoms with Crippen LogP contribution in [0.25, 0.3) is 0 Å². The third kappa shape index (κ3) is 3.55. The molecule has 0 atom stereocenters. The topological polar surface area (TPSA) is 55.8 Å². The largest absolute Gasteiger partial charge is 0.465 e. The van der Waals surface area contributed by atoms with Crippen LogP contribution in [0.1, 0.15) is 5.56 Å². The van der Waals surface area contributed by atoms with E-state index in [4.69, 9.17) is 21.1 Å². The van der Waals surface area contributed by atoms with Gasteiger partial charge in [0.05, 0.1) is 24.8 Å². The molecule has 5 nitrogen and oxygen atoms in total. The van der Waals surface area contributed by atoms with Crippen LogP contribution >= 0.6 is 27.5 Å².